The van der Waals surface area contributed by atoms with E-state index in [9.17, 15) is 4.79 Å². The second-order valence-electron chi connectivity index (χ2n) is 7.05. The number of carbonyl (C=O) groups is 1. The summed E-state index contributed by atoms with van der Waals surface area (Å²) in [6, 6.07) is 20.7. The first-order chi connectivity index (χ1) is 15.7. The monoisotopic (exact) mass is 425 g/mol. The molecule has 7 heteroatoms. The molecular weight excluding hydrogens is 402 g/mol. The van der Waals surface area contributed by atoms with Crippen molar-refractivity contribution in [2.24, 2.45) is 0 Å². The molecule has 0 radical (unpaired) electrons. The fraction of sp³-hybridized carbons (Fsp3) is 0.120. The van der Waals surface area contributed by atoms with Gasteiger partial charge in [-0.3, -0.25) is 9.78 Å². The number of nitrogens with zero attached hydrogens (tertiary/aromatic N) is 3. The number of anilines is 2. The molecule has 0 saturated heterocycles. The Balaban J connectivity index is 1.31. The van der Waals surface area contributed by atoms with Crippen LogP contribution in [0.25, 0.3) is 11.1 Å². The molecule has 0 saturated carbocycles. The van der Waals surface area contributed by atoms with Gasteiger partial charge in [0.05, 0.1) is 7.11 Å². The van der Waals surface area contributed by atoms with Gasteiger partial charge in [-0.1, -0.05) is 18.2 Å². The van der Waals surface area contributed by atoms with Crippen molar-refractivity contribution >= 4 is 17.5 Å². The zero-order valence-corrected chi connectivity index (χ0v) is 17.7. The number of methoxy groups -OCH3 is 1. The number of hydrogen-bond donors (Lipinski definition) is 2. The predicted molar refractivity (Wildman–Crippen MR) is 124 cm³/mol. The summed E-state index contributed by atoms with van der Waals surface area (Å²) in [6.07, 6.45) is 5.97. The van der Waals surface area contributed by atoms with E-state index in [4.69, 9.17) is 4.74 Å². The maximum Gasteiger partial charge on any atom is 0.251 e. The normalized spacial score (nSPS) is 10.4. The Morgan fingerprint density at radius 2 is 1.62 bits per heavy atom. The molecule has 0 fully saturated rings. The molecule has 0 bridgehead atoms. The molecular formula is C25H23N5O2. The van der Waals surface area contributed by atoms with Crippen LogP contribution >= 0.6 is 0 Å². The average Bonchev–Trinajstić information content (AvgIpc) is 2.86. The molecule has 2 aromatic carbocycles. The van der Waals surface area contributed by atoms with Crippen molar-refractivity contribution in [1.29, 1.82) is 0 Å². The van der Waals surface area contributed by atoms with Gasteiger partial charge in [0.25, 0.3) is 5.91 Å². The summed E-state index contributed by atoms with van der Waals surface area (Å²) in [5.74, 6) is 1.17. The second kappa shape index (κ2) is 10.2. The summed E-state index contributed by atoms with van der Waals surface area (Å²) < 4.78 is 5.18. The lowest BCUT2D eigenvalue weighted by atomic mass is 10.1. The van der Waals surface area contributed by atoms with Crippen LogP contribution in [0.1, 0.15) is 16.1 Å². The first kappa shape index (κ1) is 21.0. The molecule has 32 heavy (non-hydrogen) atoms. The topological polar surface area (TPSA) is 89.0 Å². The Morgan fingerprint density at radius 3 is 2.28 bits per heavy atom. The maximum atomic E-state index is 12.3. The minimum absolute atomic E-state index is 0.118. The molecule has 2 aromatic heterocycles. The maximum absolute atomic E-state index is 12.3. The number of benzene rings is 2. The van der Waals surface area contributed by atoms with E-state index in [0.29, 0.717) is 24.5 Å². The first-order valence-corrected chi connectivity index (χ1v) is 10.2. The number of carbonyl (C=O) groups excluding carboxylic acids is 1. The number of rotatable bonds is 8. The van der Waals surface area contributed by atoms with Crippen molar-refractivity contribution in [2.75, 3.05) is 19.0 Å². The lowest BCUT2D eigenvalue weighted by molar-refractivity contribution is 0.0954. The largest absolute Gasteiger partial charge is 0.497 e. The highest BCUT2D eigenvalue weighted by Crippen LogP contribution is 2.22. The summed E-state index contributed by atoms with van der Waals surface area (Å²) in [4.78, 5) is 25.3. The lowest BCUT2D eigenvalue weighted by Gasteiger charge is -2.08. The van der Waals surface area contributed by atoms with Gasteiger partial charge in [-0.25, -0.2) is 9.97 Å². The van der Waals surface area contributed by atoms with Crippen molar-refractivity contribution in [2.45, 2.75) is 6.42 Å². The number of amides is 1. The van der Waals surface area contributed by atoms with Crippen molar-refractivity contribution in [1.82, 2.24) is 20.3 Å². The van der Waals surface area contributed by atoms with Crippen LogP contribution in [-0.2, 0) is 6.42 Å². The van der Waals surface area contributed by atoms with Crippen molar-refractivity contribution in [3.63, 3.8) is 0 Å². The smallest absolute Gasteiger partial charge is 0.251 e. The van der Waals surface area contributed by atoms with Crippen LogP contribution < -0.4 is 15.4 Å². The molecule has 7 nitrogen and oxygen atoms in total. The van der Waals surface area contributed by atoms with Crippen LogP contribution in [0.5, 0.6) is 5.75 Å². The molecule has 0 atom stereocenters. The summed E-state index contributed by atoms with van der Waals surface area (Å²) >= 11 is 0. The average molecular weight is 425 g/mol. The Kier molecular flexibility index (Phi) is 6.67. The van der Waals surface area contributed by atoms with E-state index in [-0.39, 0.29) is 5.91 Å². The van der Waals surface area contributed by atoms with Crippen molar-refractivity contribution < 1.29 is 9.53 Å². The minimum Gasteiger partial charge on any atom is -0.497 e. The molecule has 1 amide bonds. The molecule has 4 aromatic rings. The fourth-order valence-corrected chi connectivity index (χ4v) is 3.11. The SMILES string of the molecule is COc1ccc(-c2cnc(Nc3ccc(C(=O)NCCc4ccccn4)cc3)nc2)cc1. The third-order valence-corrected chi connectivity index (χ3v) is 4.87. The van der Waals surface area contributed by atoms with Gasteiger partial charge in [-0.05, 0) is 54.1 Å². The van der Waals surface area contributed by atoms with Crippen LogP contribution in [0.3, 0.4) is 0 Å². The summed E-state index contributed by atoms with van der Waals surface area (Å²) in [5, 5.41) is 6.06. The molecule has 0 aliphatic heterocycles. The summed E-state index contributed by atoms with van der Waals surface area (Å²) in [5.41, 5.74) is 4.26. The third kappa shape index (κ3) is 5.46. The van der Waals surface area contributed by atoms with Gasteiger partial charge in [0, 0.05) is 54.1 Å². The molecule has 160 valence electrons. The highest BCUT2D eigenvalue weighted by atomic mass is 16.5. The first-order valence-electron chi connectivity index (χ1n) is 10.2. The summed E-state index contributed by atoms with van der Waals surface area (Å²) in [6.45, 7) is 0.532. The van der Waals surface area contributed by atoms with Gasteiger partial charge in [0.2, 0.25) is 5.95 Å². The van der Waals surface area contributed by atoms with E-state index in [1.807, 2.05) is 54.6 Å². The van der Waals surface area contributed by atoms with E-state index >= 15 is 0 Å². The molecule has 0 unspecified atom stereocenters. The third-order valence-electron chi connectivity index (χ3n) is 4.87. The van der Waals surface area contributed by atoms with Gasteiger partial charge < -0.3 is 15.4 Å². The fourth-order valence-electron chi connectivity index (χ4n) is 3.11. The quantitative estimate of drug-likeness (QED) is 0.438. The van der Waals surface area contributed by atoms with E-state index in [1.165, 1.54) is 0 Å². The Morgan fingerprint density at radius 1 is 0.875 bits per heavy atom. The summed E-state index contributed by atoms with van der Waals surface area (Å²) in [7, 11) is 1.64. The number of aromatic nitrogens is 3. The molecule has 0 aliphatic rings. The highest BCUT2D eigenvalue weighted by molar-refractivity contribution is 5.94. The van der Waals surface area contributed by atoms with Gasteiger partial charge in [-0.15, -0.1) is 0 Å². The van der Waals surface area contributed by atoms with Crippen LogP contribution in [-0.4, -0.2) is 34.5 Å². The standard InChI is InChI=1S/C25H23N5O2/c1-32-23-11-7-18(8-12-23)20-16-28-25(29-17-20)30-22-9-5-19(6-10-22)24(31)27-15-13-21-4-2-3-14-26-21/h2-12,14,16-17H,13,15H2,1H3,(H,27,31)(H,28,29,30). The van der Waals surface area contributed by atoms with Crippen LogP contribution in [0.15, 0.2) is 85.3 Å². The van der Waals surface area contributed by atoms with Crippen LogP contribution in [0, 0.1) is 0 Å². The number of hydrogen-bond acceptors (Lipinski definition) is 6. The Hall–Kier alpha value is -4.26. The second-order valence-corrected chi connectivity index (χ2v) is 7.05. The zero-order valence-electron chi connectivity index (χ0n) is 17.7. The van der Waals surface area contributed by atoms with Crippen molar-refractivity contribution in [3.8, 4) is 16.9 Å². The van der Waals surface area contributed by atoms with Crippen LogP contribution in [0.4, 0.5) is 11.6 Å². The predicted octanol–water partition coefficient (Wildman–Crippen LogP) is 4.26. The van der Waals surface area contributed by atoms with E-state index < -0.39 is 0 Å². The zero-order chi connectivity index (χ0) is 22.2. The number of pyridine rings is 1. The van der Waals surface area contributed by atoms with Gasteiger partial charge >= 0.3 is 0 Å². The highest BCUT2D eigenvalue weighted by Gasteiger charge is 2.06. The number of ether oxygens (including phenoxy) is 1. The van der Waals surface area contributed by atoms with Gasteiger partial charge in [-0.2, -0.15) is 0 Å². The lowest BCUT2D eigenvalue weighted by Crippen LogP contribution is -2.25. The molecule has 2 N–H and O–H groups in total. The Labute approximate surface area is 186 Å². The van der Waals surface area contributed by atoms with Crippen molar-refractivity contribution in [3.05, 3.63) is 96.6 Å². The van der Waals surface area contributed by atoms with Crippen LogP contribution in [0.2, 0.25) is 0 Å². The van der Waals surface area contributed by atoms with E-state index in [2.05, 4.69) is 25.6 Å². The molecule has 2 heterocycles. The van der Waals surface area contributed by atoms with Gasteiger partial charge in [0.15, 0.2) is 0 Å². The number of nitrogens with one attached hydrogen (secondary N) is 2. The molecule has 4 rings (SSSR count). The Bertz CT molecular complexity index is 1150. The van der Waals surface area contributed by atoms with E-state index in [1.54, 1.807) is 37.8 Å². The minimum atomic E-state index is -0.118. The van der Waals surface area contributed by atoms with E-state index in [0.717, 1.165) is 28.3 Å². The van der Waals surface area contributed by atoms with Gasteiger partial charge in [0.1, 0.15) is 5.75 Å². The molecule has 0 spiro atoms. The molecule has 0 aliphatic carbocycles.